The molecule has 138 valence electrons. The van der Waals surface area contributed by atoms with Gasteiger partial charge in [0, 0.05) is 6.07 Å². The average molecular weight is 382 g/mol. The predicted molar refractivity (Wildman–Crippen MR) is 109 cm³/mol. The molecule has 0 bridgehead atoms. The minimum atomic E-state index is -0.413. The first-order valence-electron chi connectivity index (χ1n) is 8.57. The molecule has 0 saturated heterocycles. The van der Waals surface area contributed by atoms with Crippen LogP contribution in [-0.2, 0) is 0 Å². The van der Waals surface area contributed by atoms with Crippen LogP contribution in [0.4, 0.5) is 5.69 Å². The van der Waals surface area contributed by atoms with E-state index >= 15 is 0 Å². The van der Waals surface area contributed by atoms with Gasteiger partial charge in [-0.25, -0.2) is 0 Å². The molecule has 0 saturated carbocycles. The fourth-order valence-electron chi connectivity index (χ4n) is 3.07. The van der Waals surface area contributed by atoms with Crippen molar-refractivity contribution in [1.29, 1.82) is 0 Å². The first-order valence-corrected chi connectivity index (χ1v) is 8.95. The second-order valence-corrected chi connectivity index (χ2v) is 7.10. The van der Waals surface area contributed by atoms with Gasteiger partial charge in [-0.2, -0.15) is 0 Å². The van der Waals surface area contributed by atoms with Crippen molar-refractivity contribution in [2.45, 2.75) is 27.7 Å². The molecule has 27 heavy (non-hydrogen) atoms. The van der Waals surface area contributed by atoms with E-state index < -0.39 is 4.92 Å². The molecule has 0 fully saturated rings. The van der Waals surface area contributed by atoms with Crippen LogP contribution in [-0.4, -0.2) is 4.92 Å². The number of nitrogens with zero attached hydrogens (tertiary/aromatic N) is 1. The first-order chi connectivity index (χ1) is 12.8. The Morgan fingerprint density at radius 1 is 0.852 bits per heavy atom. The number of nitro groups is 1. The number of hydrogen-bond donors (Lipinski definition) is 0. The highest BCUT2D eigenvalue weighted by molar-refractivity contribution is 6.35. The molecular formula is C22H20ClNO3. The molecule has 0 spiro atoms. The van der Waals surface area contributed by atoms with Crippen LogP contribution in [0, 0.1) is 37.8 Å². The summed E-state index contributed by atoms with van der Waals surface area (Å²) in [5.74, 6) is 1.06. The monoisotopic (exact) mass is 381 g/mol. The van der Waals surface area contributed by atoms with Crippen LogP contribution in [0.2, 0.25) is 5.02 Å². The molecule has 3 aromatic rings. The summed E-state index contributed by atoms with van der Waals surface area (Å²) in [4.78, 5) is 11.2. The average Bonchev–Trinajstić information content (AvgIpc) is 2.60. The van der Waals surface area contributed by atoms with Gasteiger partial charge in [0.05, 0.1) is 15.5 Å². The summed E-state index contributed by atoms with van der Waals surface area (Å²) >= 11 is 6.62. The van der Waals surface area contributed by atoms with E-state index in [9.17, 15) is 10.1 Å². The summed E-state index contributed by atoms with van der Waals surface area (Å²) in [7, 11) is 0. The summed E-state index contributed by atoms with van der Waals surface area (Å²) in [5.41, 5.74) is 5.09. The SMILES string of the molecule is Cc1ccc(Oc2ccc([N+](=O)[O-])c(-c3cc(C)ccc3C)c2Cl)c(C)c1. The van der Waals surface area contributed by atoms with Gasteiger partial charge >= 0.3 is 0 Å². The maximum absolute atomic E-state index is 11.6. The summed E-state index contributed by atoms with van der Waals surface area (Å²) in [6.07, 6.45) is 0. The Bertz CT molecular complexity index is 1040. The third kappa shape index (κ3) is 3.81. The standard InChI is InChI=1S/C22H20ClNO3/c1-13-6-9-19(16(4)11-13)27-20-10-8-18(24(25)26)21(22(20)23)17-12-14(2)5-7-15(17)3/h5-12H,1-4H3. The Hall–Kier alpha value is -2.85. The van der Waals surface area contributed by atoms with E-state index in [0.717, 1.165) is 27.8 Å². The summed E-state index contributed by atoms with van der Waals surface area (Å²) in [6.45, 7) is 7.81. The maximum Gasteiger partial charge on any atom is 0.278 e. The quantitative estimate of drug-likeness (QED) is 0.363. The fourth-order valence-corrected chi connectivity index (χ4v) is 3.37. The Labute approximate surface area is 163 Å². The van der Waals surface area contributed by atoms with Crippen molar-refractivity contribution in [3.63, 3.8) is 0 Å². The van der Waals surface area contributed by atoms with Gasteiger partial charge in [0.25, 0.3) is 5.69 Å². The van der Waals surface area contributed by atoms with Crippen LogP contribution in [0.25, 0.3) is 11.1 Å². The van der Waals surface area contributed by atoms with Gasteiger partial charge in [0.2, 0.25) is 0 Å². The minimum absolute atomic E-state index is 0.0401. The van der Waals surface area contributed by atoms with Crippen LogP contribution >= 0.6 is 11.6 Å². The molecule has 0 aromatic heterocycles. The molecule has 0 radical (unpaired) electrons. The summed E-state index contributed by atoms with van der Waals surface area (Å²) < 4.78 is 6.01. The van der Waals surface area contributed by atoms with Gasteiger partial charge in [-0.15, -0.1) is 0 Å². The van der Waals surface area contributed by atoms with E-state index in [4.69, 9.17) is 16.3 Å². The van der Waals surface area contributed by atoms with E-state index in [1.165, 1.54) is 6.07 Å². The molecule has 0 aliphatic carbocycles. The van der Waals surface area contributed by atoms with Crippen molar-refractivity contribution in [1.82, 2.24) is 0 Å². The Balaban J connectivity index is 2.18. The number of benzene rings is 3. The van der Waals surface area contributed by atoms with Crippen LogP contribution in [0.15, 0.2) is 48.5 Å². The van der Waals surface area contributed by atoms with Gasteiger partial charge in [-0.3, -0.25) is 10.1 Å². The number of aryl methyl sites for hydroxylation is 4. The second kappa shape index (κ2) is 7.41. The summed E-state index contributed by atoms with van der Waals surface area (Å²) in [6, 6.07) is 14.6. The van der Waals surface area contributed by atoms with E-state index in [2.05, 4.69) is 0 Å². The van der Waals surface area contributed by atoms with Crippen LogP contribution in [0.3, 0.4) is 0 Å². The number of halogens is 1. The van der Waals surface area contributed by atoms with Crippen molar-refractivity contribution >= 4 is 17.3 Å². The van der Waals surface area contributed by atoms with E-state index in [0.29, 0.717) is 17.1 Å². The van der Waals surface area contributed by atoms with Gasteiger partial charge < -0.3 is 4.74 Å². The lowest BCUT2D eigenvalue weighted by Crippen LogP contribution is -1.97. The lowest BCUT2D eigenvalue weighted by molar-refractivity contribution is -0.384. The van der Waals surface area contributed by atoms with Gasteiger partial charge in [-0.1, -0.05) is 53.1 Å². The van der Waals surface area contributed by atoms with Crippen LogP contribution in [0.1, 0.15) is 22.3 Å². The van der Waals surface area contributed by atoms with Crippen molar-refractivity contribution in [2.75, 3.05) is 0 Å². The molecule has 0 aliphatic heterocycles. The lowest BCUT2D eigenvalue weighted by atomic mass is 9.96. The molecule has 0 heterocycles. The molecular weight excluding hydrogens is 362 g/mol. The van der Waals surface area contributed by atoms with Gasteiger partial charge in [0.15, 0.2) is 0 Å². The van der Waals surface area contributed by atoms with E-state index in [1.54, 1.807) is 6.07 Å². The first kappa shape index (κ1) is 18.9. The highest BCUT2D eigenvalue weighted by atomic mass is 35.5. The maximum atomic E-state index is 11.6. The molecule has 3 rings (SSSR count). The van der Waals surface area contributed by atoms with Gasteiger partial charge in [-0.05, 0) is 56.5 Å². The lowest BCUT2D eigenvalue weighted by Gasteiger charge is -2.15. The topological polar surface area (TPSA) is 52.4 Å². The minimum Gasteiger partial charge on any atom is -0.455 e. The zero-order valence-electron chi connectivity index (χ0n) is 15.7. The van der Waals surface area contributed by atoms with Crippen molar-refractivity contribution in [2.24, 2.45) is 0 Å². The van der Waals surface area contributed by atoms with Crippen molar-refractivity contribution < 1.29 is 9.66 Å². The summed E-state index contributed by atoms with van der Waals surface area (Å²) in [5, 5.41) is 11.8. The Morgan fingerprint density at radius 2 is 1.48 bits per heavy atom. The van der Waals surface area contributed by atoms with Crippen LogP contribution in [0.5, 0.6) is 11.5 Å². The van der Waals surface area contributed by atoms with Crippen molar-refractivity contribution in [3.05, 3.63) is 85.9 Å². The number of hydrogen-bond acceptors (Lipinski definition) is 3. The fraction of sp³-hybridized carbons (Fsp3) is 0.182. The molecule has 3 aromatic carbocycles. The highest BCUT2D eigenvalue weighted by Crippen LogP contribution is 2.44. The third-order valence-corrected chi connectivity index (χ3v) is 4.87. The Morgan fingerprint density at radius 3 is 2.15 bits per heavy atom. The zero-order valence-corrected chi connectivity index (χ0v) is 16.4. The van der Waals surface area contributed by atoms with Crippen molar-refractivity contribution in [3.8, 4) is 22.6 Å². The molecule has 0 aliphatic rings. The third-order valence-electron chi connectivity index (χ3n) is 4.49. The number of nitro benzene ring substituents is 1. The molecule has 5 heteroatoms. The number of rotatable bonds is 4. The van der Waals surface area contributed by atoms with E-state index in [1.807, 2.05) is 64.1 Å². The largest absolute Gasteiger partial charge is 0.455 e. The normalized spacial score (nSPS) is 10.7. The highest BCUT2D eigenvalue weighted by Gasteiger charge is 2.24. The van der Waals surface area contributed by atoms with E-state index in [-0.39, 0.29) is 10.7 Å². The number of ether oxygens (including phenoxy) is 1. The molecule has 0 N–H and O–H groups in total. The zero-order chi connectivity index (χ0) is 19.7. The molecule has 0 amide bonds. The smallest absolute Gasteiger partial charge is 0.278 e. The molecule has 4 nitrogen and oxygen atoms in total. The Kier molecular flexibility index (Phi) is 5.19. The predicted octanol–water partition coefficient (Wildman–Crippen LogP) is 6.94. The van der Waals surface area contributed by atoms with Crippen LogP contribution < -0.4 is 4.74 Å². The second-order valence-electron chi connectivity index (χ2n) is 6.72. The molecule has 0 unspecified atom stereocenters. The van der Waals surface area contributed by atoms with Gasteiger partial charge in [0.1, 0.15) is 11.5 Å². The molecule has 0 atom stereocenters.